The highest BCUT2D eigenvalue weighted by atomic mass is 32.2. The van der Waals surface area contributed by atoms with Gasteiger partial charge in [-0.3, -0.25) is 0 Å². The van der Waals surface area contributed by atoms with Crippen molar-refractivity contribution in [3.8, 4) is 17.2 Å². The van der Waals surface area contributed by atoms with Gasteiger partial charge in [0.1, 0.15) is 17.2 Å². The summed E-state index contributed by atoms with van der Waals surface area (Å²) < 4.78 is 51.2. The zero-order valence-corrected chi connectivity index (χ0v) is 20.4. The molecule has 0 amide bonds. The van der Waals surface area contributed by atoms with Crippen LogP contribution in [0, 0.1) is 0 Å². The van der Waals surface area contributed by atoms with E-state index >= 15 is 0 Å². The van der Waals surface area contributed by atoms with Gasteiger partial charge in [0.05, 0.1) is 37.8 Å². The fraction of sp³-hybridized carbons (Fsp3) is 0.143. The quantitative estimate of drug-likeness (QED) is 0.257. The third kappa shape index (κ3) is 7.20. The Balaban J connectivity index is 0.000000287. The van der Waals surface area contributed by atoms with Crippen molar-refractivity contribution in [1.29, 1.82) is 0 Å². The lowest BCUT2D eigenvalue weighted by Gasteiger charge is -2.10. The molecule has 0 bridgehead atoms. The molecule has 0 radical (unpaired) electrons. The lowest BCUT2D eigenvalue weighted by molar-refractivity contribution is -0.137. The summed E-state index contributed by atoms with van der Waals surface area (Å²) in [6.07, 6.45) is -4.21. The summed E-state index contributed by atoms with van der Waals surface area (Å²) in [7, 11) is 4.83. The van der Waals surface area contributed by atoms with Gasteiger partial charge in [0, 0.05) is 0 Å². The highest BCUT2D eigenvalue weighted by molar-refractivity contribution is 7.97. The van der Waals surface area contributed by atoms with E-state index in [1.54, 1.807) is 27.4 Å². The average molecular weight is 500 g/mol. The minimum absolute atomic E-state index is 0.212. The van der Waals surface area contributed by atoms with Crippen molar-refractivity contribution >= 4 is 10.9 Å². The first-order chi connectivity index (χ1) is 16.9. The van der Waals surface area contributed by atoms with Crippen molar-refractivity contribution in [3.05, 3.63) is 109 Å². The first-order valence-electron chi connectivity index (χ1n) is 10.6. The molecule has 3 nitrogen and oxygen atoms in total. The van der Waals surface area contributed by atoms with E-state index < -0.39 is 11.7 Å². The molecule has 0 spiro atoms. The zero-order valence-electron chi connectivity index (χ0n) is 19.6. The Kier molecular flexibility index (Phi) is 9.09. The standard InChI is InChI=1S/C21H21O3S.C7H5F3/c1-22-16-4-10-19(11-5-16)25(20-12-6-17(23-2)7-13-20)21-14-8-18(24-3)9-15-21;8-7(9,10)6-4-2-1-3-5-6/h4-15H,1-3H3;1-5H/q+1;. The largest absolute Gasteiger partial charge is 0.497 e. The number of ether oxygens (including phenoxy) is 3. The molecule has 0 aliphatic carbocycles. The van der Waals surface area contributed by atoms with Crippen LogP contribution in [0.5, 0.6) is 17.2 Å². The Hall–Kier alpha value is -3.58. The third-order valence-electron chi connectivity index (χ3n) is 4.99. The normalized spacial score (nSPS) is 10.8. The molecule has 0 unspecified atom stereocenters. The molecule has 0 fully saturated rings. The summed E-state index contributed by atoms with van der Waals surface area (Å²) in [6, 6.07) is 31.1. The molecule has 0 aromatic heterocycles. The van der Waals surface area contributed by atoms with E-state index in [1.165, 1.54) is 26.8 Å². The second kappa shape index (κ2) is 12.2. The zero-order chi connectivity index (χ0) is 25.3. The van der Waals surface area contributed by atoms with Crippen LogP contribution in [0.25, 0.3) is 0 Å². The first kappa shape index (κ1) is 26.0. The Morgan fingerprint density at radius 1 is 0.486 bits per heavy atom. The van der Waals surface area contributed by atoms with Gasteiger partial charge in [0.15, 0.2) is 14.7 Å². The Labute approximate surface area is 206 Å². The Morgan fingerprint density at radius 2 is 0.800 bits per heavy atom. The van der Waals surface area contributed by atoms with Gasteiger partial charge in [0.2, 0.25) is 0 Å². The summed E-state index contributed by atoms with van der Waals surface area (Å²) in [5.41, 5.74) is -0.602. The average Bonchev–Trinajstić information content (AvgIpc) is 2.90. The van der Waals surface area contributed by atoms with Gasteiger partial charge in [-0.05, 0) is 72.8 Å². The van der Waals surface area contributed by atoms with Crippen LogP contribution in [-0.2, 0) is 17.1 Å². The predicted octanol–water partition coefficient (Wildman–Crippen LogP) is 7.51. The molecule has 4 aromatic carbocycles. The van der Waals surface area contributed by atoms with Gasteiger partial charge in [-0.25, -0.2) is 0 Å². The number of alkyl halides is 3. The molecule has 7 heteroatoms. The molecule has 0 heterocycles. The van der Waals surface area contributed by atoms with Gasteiger partial charge in [-0.2, -0.15) is 13.2 Å². The van der Waals surface area contributed by atoms with E-state index in [0.29, 0.717) is 0 Å². The number of hydrogen-bond acceptors (Lipinski definition) is 3. The maximum absolute atomic E-state index is 11.8. The van der Waals surface area contributed by atoms with Gasteiger partial charge in [-0.15, -0.1) is 0 Å². The van der Waals surface area contributed by atoms with Crippen LogP contribution >= 0.6 is 0 Å². The van der Waals surface area contributed by atoms with E-state index in [0.717, 1.165) is 29.4 Å². The van der Waals surface area contributed by atoms with Crippen LogP contribution in [0.4, 0.5) is 13.2 Å². The van der Waals surface area contributed by atoms with Crippen LogP contribution in [-0.4, -0.2) is 21.3 Å². The second-order valence-corrected chi connectivity index (χ2v) is 9.22. The summed E-state index contributed by atoms with van der Waals surface area (Å²) in [5.74, 6) is 2.57. The molecule has 4 aromatic rings. The van der Waals surface area contributed by atoms with Crippen molar-refractivity contribution in [3.63, 3.8) is 0 Å². The van der Waals surface area contributed by atoms with Gasteiger partial charge in [-0.1, -0.05) is 30.3 Å². The van der Waals surface area contributed by atoms with Gasteiger partial charge >= 0.3 is 6.18 Å². The number of rotatable bonds is 6. The van der Waals surface area contributed by atoms with Crippen LogP contribution in [0.1, 0.15) is 5.56 Å². The van der Waals surface area contributed by atoms with Crippen LogP contribution in [0.2, 0.25) is 0 Å². The lowest BCUT2D eigenvalue weighted by Crippen LogP contribution is -2.05. The first-order valence-corrected chi connectivity index (χ1v) is 11.9. The molecular formula is C28H26F3O3S+. The smallest absolute Gasteiger partial charge is 0.416 e. The van der Waals surface area contributed by atoms with Crippen LogP contribution in [0.3, 0.4) is 0 Å². The van der Waals surface area contributed by atoms with Crippen LogP contribution < -0.4 is 14.2 Å². The van der Waals surface area contributed by atoms with Crippen molar-refractivity contribution < 1.29 is 27.4 Å². The molecule has 0 saturated heterocycles. The number of benzene rings is 4. The minimum atomic E-state index is -4.21. The van der Waals surface area contributed by atoms with Crippen molar-refractivity contribution in [2.24, 2.45) is 0 Å². The second-order valence-electron chi connectivity index (χ2n) is 7.20. The topological polar surface area (TPSA) is 27.7 Å². The molecule has 0 saturated carbocycles. The summed E-state index contributed by atoms with van der Waals surface area (Å²) >= 11 is 0. The fourth-order valence-electron chi connectivity index (χ4n) is 3.17. The van der Waals surface area contributed by atoms with E-state index in [-0.39, 0.29) is 10.9 Å². The highest BCUT2D eigenvalue weighted by Gasteiger charge is 2.30. The SMILES string of the molecule is COc1ccc([S+](c2ccc(OC)cc2)c2ccc(OC)cc2)cc1.FC(F)(F)c1ccccc1. The summed E-state index contributed by atoms with van der Waals surface area (Å²) in [6.45, 7) is 0. The maximum atomic E-state index is 11.8. The van der Waals surface area contributed by atoms with Crippen molar-refractivity contribution in [2.75, 3.05) is 21.3 Å². The molecule has 0 atom stereocenters. The molecule has 0 aliphatic rings. The number of methoxy groups -OCH3 is 3. The summed E-state index contributed by atoms with van der Waals surface area (Å²) in [5, 5.41) is 0. The van der Waals surface area contributed by atoms with E-state index in [9.17, 15) is 13.2 Å². The predicted molar refractivity (Wildman–Crippen MR) is 133 cm³/mol. The molecule has 0 aliphatic heterocycles. The summed E-state index contributed by atoms with van der Waals surface area (Å²) in [4.78, 5) is 3.70. The van der Waals surface area contributed by atoms with Crippen molar-refractivity contribution in [1.82, 2.24) is 0 Å². The van der Waals surface area contributed by atoms with Gasteiger partial charge < -0.3 is 14.2 Å². The van der Waals surface area contributed by atoms with E-state index in [4.69, 9.17) is 14.2 Å². The van der Waals surface area contributed by atoms with Gasteiger partial charge in [0.25, 0.3) is 0 Å². The maximum Gasteiger partial charge on any atom is 0.416 e. The van der Waals surface area contributed by atoms with Crippen molar-refractivity contribution in [2.45, 2.75) is 20.9 Å². The Morgan fingerprint density at radius 3 is 1.03 bits per heavy atom. The molecule has 4 rings (SSSR count). The number of hydrogen-bond donors (Lipinski definition) is 0. The number of halogens is 3. The lowest BCUT2D eigenvalue weighted by atomic mass is 10.2. The molecule has 35 heavy (non-hydrogen) atoms. The third-order valence-corrected chi connectivity index (χ3v) is 7.22. The molecule has 182 valence electrons. The van der Waals surface area contributed by atoms with E-state index in [1.807, 2.05) is 36.4 Å². The van der Waals surface area contributed by atoms with Crippen LogP contribution in [0.15, 0.2) is 118 Å². The monoisotopic (exact) mass is 499 g/mol. The fourth-order valence-corrected chi connectivity index (χ4v) is 5.21. The minimum Gasteiger partial charge on any atom is -0.497 e. The molecule has 0 N–H and O–H groups in total. The molecular weight excluding hydrogens is 473 g/mol. The Bertz CT molecular complexity index is 1050. The highest BCUT2D eigenvalue weighted by Crippen LogP contribution is 2.34. The van der Waals surface area contributed by atoms with E-state index in [2.05, 4.69) is 36.4 Å².